The van der Waals surface area contributed by atoms with Crippen molar-refractivity contribution < 1.29 is 9.72 Å². The number of amides is 1. The normalized spacial score (nSPS) is 21.3. The van der Waals surface area contributed by atoms with E-state index < -0.39 is 4.92 Å². The number of anilines is 1. The average Bonchev–Trinajstić information content (AvgIpc) is 3.13. The molecular formula is C17H25N5O3. The highest BCUT2D eigenvalue weighted by Gasteiger charge is 2.30. The minimum absolute atomic E-state index is 0.0369. The van der Waals surface area contributed by atoms with E-state index in [0.717, 1.165) is 45.7 Å². The molecule has 2 aliphatic rings. The van der Waals surface area contributed by atoms with Crippen molar-refractivity contribution in [3.05, 3.63) is 34.4 Å². The largest absolute Gasteiger partial charge is 0.379 e. The van der Waals surface area contributed by atoms with Crippen LogP contribution in [0.5, 0.6) is 0 Å². The molecule has 0 aliphatic carbocycles. The van der Waals surface area contributed by atoms with E-state index in [2.05, 4.69) is 15.5 Å². The van der Waals surface area contributed by atoms with Crippen LogP contribution in [0.15, 0.2) is 24.3 Å². The van der Waals surface area contributed by atoms with Crippen molar-refractivity contribution in [3.63, 3.8) is 0 Å². The van der Waals surface area contributed by atoms with Crippen LogP contribution in [-0.4, -0.2) is 72.5 Å². The number of rotatable bonds is 6. The number of likely N-dealkylation sites (tertiary alicyclic amines) is 1. The summed E-state index contributed by atoms with van der Waals surface area (Å²) >= 11 is 0. The maximum absolute atomic E-state index is 12.4. The van der Waals surface area contributed by atoms with Gasteiger partial charge in [0.15, 0.2) is 0 Å². The standard InChI is InChI=1S/C17H25N5O3/c23-17(5-7-19-15-3-1-2-4-16(15)22(24)25)21-10-6-14(13-21)20-11-8-18-9-12-20/h1-4,14,18-19H,5-13H2. The zero-order chi connectivity index (χ0) is 17.6. The van der Waals surface area contributed by atoms with Gasteiger partial charge in [-0.2, -0.15) is 0 Å². The van der Waals surface area contributed by atoms with Crippen molar-refractivity contribution in [1.82, 2.24) is 15.1 Å². The molecule has 2 aliphatic heterocycles. The molecule has 2 fully saturated rings. The van der Waals surface area contributed by atoms with Gasteiger partial charge in [0, 0.05) is 64.3 Å². The van der Waals surface area contributed by atoms with Gasteiger partial charge in [0.1, 0.15) is 5.69 Å². The fourth-order valence-electron chi connectivity index (χ4n) is 3.56. The number of carbonyl (C=O) groups is 1. The number of nitrogens with zero attached hydrogens (tertiary/aromatic N) is 3. The van der Waals surface area contributed by atoms with Crippen LogP contribution in [-0.2, 0) is 4.79 Å². The first-order valence-electron chi connectivity index (χ1n) is 8.85. The van der Waals surface area contributed by atoms with Gasteiger partial charge in [-0.3, -0.25) is 19.8 Å². The molecule has 136 valence electrons. The quantitative estimate of drug-likeness (QED) is 0.587. The lowest BCUT2D eigenvalue weighted by atomic mass is 10.2. The van der Waals surface area contributed by atoms with E-state index in [0.29, 0.717) is 24.7 Å². The van der Waals surface area contributed by atoms with Gasteiger partial charge in [0.05, 0.1) is 4.92 Å². The van der Waals surface area contributed by atoms with Gasteiger partial charge in [-0.1, -0.05) is 12.1 Å². The molecule has 3 rings (SSSR count). The average molecular weight is 347 g/mol. The predicted octanol–water partition coefficient (Wildman–Crippen LogP) is 0.903. The van der Waals surface area contributed by atoms with Crippen LogP contribution in [0.2, 0.25) is 0 Å². The minimum Gasteiger partial charge on any atom is -0.379 e. The summed E-state index contributed by atoms with van der Waals surface area (Å²) in [5.41, 5.74) is 0.496. The number of hydrogen-bond acceptors (Lipinski definition) is 6. The Morgan fingerprint density at radius 1 is 1.28 bits per heavy atom. The topological polar surface area (TPSA) is 90.7 Å². The van der Waals surface area contributed by atoms with Crippen LogP contribution in [0.1, 0.15) is 12.8 Å². The van der Waals surface area contributed by atoms with Crippen molar-refractivity contribution in [2.24, 2.45) is 0 Å². The van der Waals surface area contributed by atoms with Crippen LogP contribution in [0.25, 0.3) is 0 Å². The first-order chi connectivity index (χ1) is 12.1. The molecular weight excluding hydrogens is 322 g/mol. The van der Waals surface area contributed by atoms with E-state index in [1.807, 2.05) is 4.90 Å². The number of para-hydroxylation sites is 2. The predicted molar refractivity (Wildman–Crippen MR) is 95.6 cm³/mol. The third kappa shape index (κ3) is 4.46. The molecule has 2 N–H and O–H groups in total. The molecule has 8 heteroatoms. The summed E-state index contributed by atoms with van der Waals surface area (Å²) in [5, 5.41) is 17.4. The number of piperazine rings is 1. The summed E-state index contributed by atoms with van der Waals surface area (Å²) in [6.07, 6.45) is 1.38. The van der Waals surface area contributed by atoms with Crippen LogP contribution in [0.4, 0.5) is 11.4 Å². The highest BCUT2D eigenvalue weighted by Crippen LogP contribution is 2.23. The Morgan fingerprint density at radius 3 is 2.80 bits per heavy atom. The fraction of sp³-hybridized carbons (Fsp3) is 0.588. The fourth-order valence-corrected chi connectivity index (χ4v) is 3.56. The Bertz CT molecular complexity index is 618. The number of benzene rings is 1. The molecule has 1 unspecified atom stereocenters. The van der Waals surface area contributed by atoms with Crippen LogP contribution in [0, 0.1) is 10.1 Å². The molecule has 25 heavy (non-hydrogen) atoms. The van der Waals surface area contributed by atoms with Crippen LogP contribution < -0.4 is 10.6 Å². The van der Waals surface area contributed by atoms with Gasteiger partial charge in [-0.25, -0.2) is 0 Å². The summed E-state index contributed by atoms with van der Waals surface area (Å²) < 4.78 is 0. The third-order valence-electron chi connectivity index (χ3n) is 4.94. The molecule has 0 bridgehead atoms. The van der Waals surface area contributed by atoms with E-state index in [-0.39, 0.29) is 11.6 Å². The molecule has 0 aromatic heterocycles. The van der Waals surface area contributed by atoms with Crippen LogP contribution >= 0.6 is 0 Å². The molecule has 2 saturated heterocycles. The molecule has 1 atom stereocenters. The Kier molecular flexibility index (Phi) is 5.83. The molecule has 0 saturated carbocycles. The summed E-state index contributed by atoms with van der Waals surface area (Å²) in [7, 11) is 0. The first-order valence-corrected chi connectivity index (χ1v) is 8.85. The lowest BCUT2D eigenvalue weighted by Gasteiger charge is -2.32. The molecule has 8 nitrogen and oxygen atoms in total. The second-order valence-electron chi connectivity index (χ2n) is 6.52. The number of hydrogen-bond donors (Lipinski definition) is 2. The van der Waals surface area contributed by atoms with Gasteiger partial charge in [-0.15, -0.1) is 0 Å². The SMILES string of the molecule is O=C(CCNc1ccccc1[N+](=O)[O-])N1CCC(N2CCNCC2)C1. The summed E-state index contributed by atoms with van der Waals surface area (Å²) in [6.45, 7) is 6.13. The van der Waals surface area contributed by atoms with Crippen molar-refractivity contribution in [2.45, 2.75) is 18.9 Å². The van der Waals surface area contributed by atoms with E-state index >= 15 is 0 Å². The Hall–Kier alpha value is -2.19. The van der Waals surface area contributed by atoms with Gasteiger partial charge < -0.3 is 15.5 Å². The Balaban J connectivity index is 1.45. The monoisotopic (exact) mass is 347 g/mol. The second-order valence-corrected chi connectivity index (χ2v) is 6.52. The molecule has 0 radical (unpaired) electrons. The van der Waals surface area contributed by atoms with Crippen molar-refractivity contribution in [1.29, 1.82) is 0 Å². The summed E-state index contributed by atoms with van der Waals surface area (Å²) in [6, 6.07) is 6.97. The summed E-state index contributed by atoms with van der Waals surface area (Å²) in [5.74, 6) is 0.115. The highest BCUT2D eigenvalue weighted by atomic mass is 16.6. The molecule has 2 heterocycles. The maximum atomic E-state index is 12.4. The molecule has 1 aromatic carbocycles. The Labute approximate surface area is 147 Å². The summed E-state index contributed by atoms with van der Waals surface area (Å²) in [4.78, 5) is 27.4. The zero-order valence-electron chi connectivity index (χ0n) is 14.3. The Morgan fingerprint density at radius 2 is 2.04 bits per heavy atom. The third-order valence-corrected chi connectivity index (χ3v) is 4.94. The van der Waals surface area contributed by atoms with E-state index in [9.17, 15) is 14.9 Å². The van der Waals surface area contributed by atoms with Crippen molar-refractivity contribution in [2.75, 3.05) is 51.1 Å². The molecule has 0 spiro atoms. The number of nitro groups is 1. The van der Waals surface area contributed by atoms with Crippen molar-refractivity contribution >= 4 is 17.3 Å². The van der Waals surface area contributed by atoms with Crippen LogP contribution in [0.3, 0.4) is 0 Å². The smallest absolute Gasteiger partial charge is 0.292 e. The molecule has 1 amide bonds. The van der Waals surface area contributed by atoms with E-state index in [1.165, 1.54) is 6.07 Å². The number of carbonyl (C=O) groups excluding carboxylic acids is 1. The lowest BCUT2D eigenvalue weighted by Crippen LogP contribution is -2.49. The van der Waals surface area contributed by atoms with Gasteiger partial charge in [0.25, 0.3) is 5.69 Å². The van der Waals surface area contributed by atoms with E-state index in [1.54, 1.807) is 18.2 Å². The van der Waals surface area contributed by atoms with Gasteiger partial charge >= 0.3 is 0 Å². The number of nitro benzene ring substituents is 1. The highest BCUT2D eigenvalue weighted by molar-refractivity contribution is 5.77. The van der Waals surface area contributed by atoms with Crippen molar-refractivity contribution in [3.8, 4) is 0 Å². The maximum Gasteiger partial charge on any atom is 0.292 e. The molecule has 1 aromatic rings. The minimum atomic E-state index is -0.414. The van der Waals surface area contributed by atoms with E-state index in [4.69, 9.17) is 0 Å². The van der Waals surface area contributed by atoms with Gasteiger partial charge in [-0.05, 0) is 12.5 Å². The zero-order valence-corrected chi connectivity index (χ0v) is 14.3. The first kappa shape index (κ1) is 17.6. The second kappa shape index (κ2) is 8.26. The lowest BCUT2D eigenvalue weighted by molar-refractivity contribution is -0.384. The van der Waals surface area contributed by atoms with Gasteiger partial charge in [0.2, 0.25) is 5.91 Å². The number of nitrogens with one attached hydrogen (secondary N) is 2.